The molecule has 5 rings (SSSR count). The number of benzene rings is 1. The Morgan fingerprint density at radius 2 is 2.00 bits per heavy atom. The number of hydrogen-bond acceptors (Lipinski definition) is 4. The lowest BCUT2D eigenvalue weighted by Gasteiger charge is -2.14. The number of anilines is 1. The Morgan fingerprint density at radius 3 is 2.88 bits per heavy atom. The third kappa shape index (κ3) is 2.43. The number of fused-ring (bicyclic) bond motifs is 3. The minimum absolute atomic E-state index is 0.214. The molecule has 1 aromatic carbocycles. The molecule has 7 heteroatoms. The lowest BCUT2D eigenvalue weighted by molar-refractivity contribution is 0.627. The van der Waals surface area contributed by atoms with E-state index in [-0.39, 0.29) is 5.82 Å². The highest BCUT2D eigenvalue weighted by Gasteiger charge is 2.29. The summed E-state index contributed by atoms with van der Waals surface area (Å²) in [5, 5.41) is 12.2. The summed E-state index contributed by atoms with van der Waals surface area (Å²) in [6.07, 6.45) is 6.71. The molecule has 1 saturated carbocycles. The van der Waals surface area contributed by atoms with Gasteiger partial charge in [0, 0.05) is 23.8 Å². The van der Waals surface area contributed by atoms with Gasteiger partial charge in [-0.1, -0.05) is 0 Å². The van der Waals surface area contributed by atoms with Crippen LogP contribution < -0.4 is 5.32 Å². The van der Waals surface area contributed by atoms with Gasteiger partial charge in [0.1, 0.15) is 11.6 Å². The monoisotopic (exact) mass is 336 g/mol. The summed E-state index contributed by atoms with van der Waals surface area (Å²) in [7, 11) is 0. The largest absolute Gasteiger partial charge is 0.382 e. The van der Waals surface area contributed by atoms with Crippen LogP contribution in [0.1, 0.15) is 31.0 Å². The van der Waals surface area contributed by atoms with E-state index in [1.54, 1.807) is 18.3 Å². The van der Waals surface area contributed by atoms with Gasteiger partial charge < -0.3 is 10.3 Å². The van der Waals surface area contributed by atoms with Crippen LogP contribution in [0, 0.1) is 5.82 Å². The van der Waals surface area contributed by atoms with Gasteiger partial charge in [-0.15, -0.1) is 10.2 Å². The second kappa shape index (κ2) is 5.54. The Morgan fingerprint density at radius 1 is 1.12 bits per heavy atom. The number of aromatic nitrogens is 5. The predicted octanol–water partition coefficient (Wildman–Crippen LogP) is 3.49. The second-order valence-electron chi connectivity index (χ2n) is 6.58. The number of aromatic amines is 1. The number of H-pyrrole nitrogens is 1. The van der Waals surface area contributed by atoms with E-state index in [9.17, 15) is 4.39 Å². The van der Waals surface area contributed by atoms with E-state index in [0.717, 1.165) is 47.6 Å². The van der Waals surface area contributed by atoms with Gasteiger partial charge >= 0.3 is 0 Å². The molecular formula is C18H17FN6. The van der Waals surface area contributed by atoms with Gasteiger partial charge in [-0.05, 0) is 49.6 Å². The number of halogens is 1. The van der Waals surface area contributed by atoms with Gasteiger partial charge in [-0.3, -0.25) is 4.40 Å². The summed E-state index contributed by atoms with van der Waals surface area (Å²) >= 11 is 0. The lowest BCUT2D eigenvalue weighted by atomic mass is 10.1. The summed E-state index contributed by atoms with van der Waals surface area (Å²) in [4.78, 5) is 7.50. The third-order valence-corrected chi connectivity index (χ3v) is 4.98. The Hall–Kier alpha value is -2.96. The Labute approximate surface area is 143 Å². The van der Waals surface area contributed by atoms with Crippen LogP contribution in [0.5, 0.6) is 0 Å². The van der Waals surface area contributed by atoms with Gasteiger partial charge in [0.15, 0.2) is 11.3 Å². The summed E-state index contributed by atoms with van der Waals surface area (Å²) < 4.78 is 15.1. The number of nitrogens with zero attached hydrogens (tertiary/aromatic N) is 4. The van der Waals surface area contributed by atoms with Gasteiger partial charge in [-0.2, -0.15) is 0 Å². The van der Waals surface area contributed by atoms with Crippen molar-refractivity contribution in [1.82, 2.24) is 24.6 Å². The molecule has 3 aromatic heterocycles. The van der Waals surface area contributed by atoms with Crippen molar-refractivity contribution in [2.75, 3.05) is 5.32 Å². The zero-order valence-corrected chi connectivity index (χ0v) is 13.5. The Kier molecular flexibility index (Phi) is 3.19. The molecule has 6 nitrogen and oxygen atoms in total. The third-order valence-electron chi connectivity index (χ3n) is 4.98. The van der Waals surface area contributed by atoms with Crippen LogP contribution >= 0.6 is 0 Å². The van der Waals surface area contributed by atoms with Crippen LogP contribution in [0.25, 0.3) is 16.8 Å². The molecule has 0 aliphatic heterocycles. The van der Waals surface area contributed by atoms with Gasteiger partial charge in [0.2, 0.25) is 0 Å². The van der Waals surface area contributed by atoms with Crippen molar-refractivity contribution in [3.8, 4) is 0 Å². The number of rotatable bonds is 3. The highest BCUT2D eigenvalue weighted by atomic mass is 19.1. The van der Waals surface area contributed by atoms with E-state index in [4.69, 9.17) is 0 Å². The molecular weight excluding hydrogens is 319 g/mol. The predicted molar refractivity (Wildman–Crippen MR) is 93.0 cm³/mol. The molecule has 0 saturated heterocycles. The van der Waals surface area contributed by atoms with Gasteiger partial charge in [-0.25, -0.2) is 9.37 Å². The molecule has 4 aromatic rings. The first-order chi connectivity index (χ1) is 12.3. The molecule has 25 heavy (non-hydrogen) atoms. The molecule has 0 amide bonds. The van der Waals surface area contributed by atoms with E-state index < -0.39 is 0 Å². The molecule has 1 fully saturated rings. The molecule has 1 aliphatic carbocycles. The van der Waals surface area contributed by atoms with Crippen molar-refractivity contribution >= 4 is 22.5 Å². The standard InChI is InChI=1S/C18H17FN6/c19-12-2-5-13(6-3-12)22-14-4-1-11(9-14)18-24-23-16-10-21-17-15(25(16)18)7-8-20-17/h2-3,5-8,10-11,14,20,22H,1,4,9H2/t11-,14-/m1/s1. The first-order valence-corrected chi connectivity index (χ1v) is 8.47. The first-order valence-electron chi connectivity index (χ1n) is 8.47. The van der Waals surface area contributed by atoms with E-state index in [1.165, 1.54) is 12.1 Å². The quantitative estimate of drug-likeness (QED) is 0.601. The Balaban J connectivity index is 1.42. The summed E-state index contributed by atoms with van der Waals surface area (Å²) in [6, 6.07) is 8.89. The summed E-state index contributed by atoms with van der Waals surface area (Å²) in [5.41, 5.74) is 3.58. The average molecular weight is 336 g/mol. The summed E-state index contributed by atoms with van der Waals surface area (Å²) in [6.45, 7) is 0. The fourth-order valence-corrected chi connectivity index (χ4v) is 3.79. The number of hydrogen-bond donors (Lipinski definition) is 2. The van der Waals surface area contributed by atoms with E-state index in [0.29, 0.717) is 12.0 Å². The molecule has 2 atom stereocenters. The smallest absolute Gasteiger partial charge is 0.179 e. The van der Waals surface area contributed by atoms with Crippen LogP contribution in [-0.2, 0) is 0 Å². The second-order valence-corrected chi connectivity index (χ2v) is 6.58. The highest BCUT2D eigenvalue weighted by molar-refractivity contribution is 5.74. The van der Waals surface area contributed by atoms with Gasteiger partial charge in [0.05, 0.1) is 11.7 Å². The van der Waals surface area contributed by atoms with Gasteiger partial charge in [0.25, 0.3) is 0 Å². The molecule has 1 aliphatic rings. The highest BCUT2D eigenvalue weighted by Crippen LogP contribution is 2.35. The summed E-state index contributed by atoms with van der Waals surface area (Å²) in [5.74, 6) is 1.12. The molecule has 2 N–H and O–H groups in total. The maximum Gasteiger partial charge on any atom is 0.179 e. The topological polar surface area (TPSA) is 70.9 Å². The molecule has 126 valence electrons. The normalized spacial score (nSPS) is 20.5. The minimum Gasteiger partial charge on any atom is -0.382 e. The Bertz CT molecular complexity index is 1030. The fourth-order valence-electron chi connectivity index (χ4n) is 3.79. The maximum atomic E-state index is 13.0. The van der Waals surface area contributed by atoms with E-state index >= 15 is 0 Å². The minimum atomic E-state index is -0.214. The number of nitrogens with one attached hydrogen (secondary N) is 2. The van der Waals surface area contributed by atoms with Crippen LogP contribution in [-0.4, -0.2) is 30.6 Å². The zero-order chi connectivity index (χ0) is 16.8. The van der Waals surface area contributed by atoms with Crippen LogP contribution in [0.3, 0.4) is 0 Å². The van der Waals surface area contributed by atoms with Crippen LogP contribution in [0.15, 0.2) is 42.7 Å². The van der Waals surface area contributed by atoms with Crippen molar-refractivity contribution < 1.29 is 4.39 Å². The molecule has 0 unspecified atom stereocenters. The van der Waals surface area contributed by atoms with Crippen molar-refractivity contribution in [1.29, 1.82) is 0 Å². The molecule has 3 heterocycles. The average Bonchev–Trinajstić information content (AvgIpc) is 3.34. The molecule has 0 bridgehead atoms. The van der Waals surface area contributed by atoms with E-state index in [2.05, 4.69) is 29.9 Å². The maximum absolute atomic E-state index is 13.0. The van der Waals surface area contributed by atoms with Crippen molar-refractivity contribution in [3.63, 3.8) is 0 Å². The lowest BCUT2D eigenvalue weighted by Crippen LogP contribution is -2.15. The zero-order valence-electron chi connectivity index (χ0n) is 13.5. The first kappa shape index (κ1) is 14.4. The molecule has 0 spiro atoms. The van der Waals surface area contributed by atoms with Crippen molar-refractivity contribution in [2.45, 2.75) is 31.2 Å². The fraction of sp³-hybridized carbons (Fsp3) is 0.278. The van der Waals surface area contributed by atoms with Crippen molar-refractivity contribution in [2.24, 2.45) is 0 Å². The van der Waals surface area contributed by atoms with Crippen LogP contribution in [0.2, 0.25) is 0 Å². The van der Waals surface area contributed by atoms with Crippen molar-refractivity contribution in [3.05, 3.63) is 54.4 Å². The SMILES string of the molecule is Fc1ccc(N[C@@H]2CC[C@@H](c3nnc4cnc5[nH]ccc5n34)C2)cc1. The molecule has 0 radical (unpaired) electrons. The van der Waals surface area contributed by atoms with E-state index in [1.807, 2.05) is 12.3 Å². The van der Waals surface area contributed by atoms with Crippen LogP contribution in [0.4, 0.5) is 10.1 Å².